The highest BCUT2D eigenvalue weighted by Crippen LogP contribution is 2.15. The normalized spacial score (nSPS) is 19.5. The Morgan fingerprint density at radius 1 is 1.36 bits per heavy atom. The lowest BCUT2D eigenvalue weighted by atomic mass is 10.1. The summed E-state index contributed by atoms with van der Waals surface area (Å²) in [6.45, 7) is 7.75. The van der Waals surface area contributed by atoms with Gasteiger partial charge in [-0.25, -0.2) is 9.97 Å². The highest BCUT2D eigenvalue weighted by Gasteiger charge is 2.21. The molecule has 0 radical (unpaired) electrons. The van der Waals surface area contributed by atoms with Crippen LogP contribution in [-0.4, -0.2) is 50.9 Å². The van der Waals surface area contributed by atoms with Crippen molar-refractivity contribution in [2.75, 3.05) is 19.7 Å². The van der Waals surface area contributed by atoms with Crippen LogP contribution >= 0.6 is 0 Å². The van der Waals surface area contributed by atoms with E-state index in [0.717, 1.165) is 56.2 Å². The molecule has 2 aromatic heterocycles. The molecule has 1 saturated heterocycles. The summed E-state index contributed by atoms with van der Waals surface area (Å²) in [7, 11) is 0. The van der Waals surface area contributed by atoms with E-state index in [9.17, 15) is 0 Å². The van der Waals surface area contributed by atoms with Crippen LogP contribution in [0.1, 0.15) is 29.1 Å². The molecule has 1 fully saturated rings. The highest BCUT2D eigenvalue weighted by atomic mass is 16.5. The molecule has 118 valence electrons. The first kappa shape index (κ1) is 15.1. The molecule has 0 amide bonds. The third-order valence-electron chi connectivity index (χ3n) is 4.13. The number of H-pyrrole nitrogens is 1. The van der Waals surface area contributed by atoms with Crippen molar-refractivity contribution in [1.29, 1.82) is 0 Å². The molecule has 22 heavy (non-hydrogen) atoms. The highest BCUT2D eigenvalue weighted by molar-refractivity contribution is 5.14. The van der Waals surface area contributed by atoms with Crippen LogP contribution in [0.4, 0.5) is 0 Å². The van der Waals surface area contributed by atoms with Crippen LogP contribution in [0.15, 0.2) is 18.6 Å². The standard InChI is InChI=1S/C16H23N5O/c1-12-7-15(18-11-17-12)3-4-16-10-21(5-6-22-16)9-14-8-19-20-13(14)2/h7-8,11,16H,3-6,9-10H2,1-2H3,(H,19,20). The van der Waals surface area contributed by atoms with Crippen molar-refractivity contribution < 1.29 is 4.74 Å². The molecule has 1 unspecified atom stereocenters. The number of aryl methyl sites for hydroxylation is 3. The van der Waals surface area contributed by atoms with Gasteiger partial charge in [0, 0.05) is 42.3 Å². The summed E-state index contributed by atoms with van der Waals surface area (Å²) in [5.74, 6) is 0. The van der Waals surface area contributed by atoms with E-state index in [2.05, 4.69) is 38.1 Å². The van der Waals surface area contributed by atoms with Crippen molar-refractivity contribution in [2.45, 2.75) is 39.3 Å². The molecule has 1 aliphatic heterocycles. The van der Waals surface area contributed by atoms with Crippen molar-refractivity contribution in [3.8, 4) is 0 Å². The monoisotopic (exact) mass is 301 g/mol. The van der Waals surface area contributed by atoms with Crippen molar-refractivity contribution in [3.05, 3.63) is 41.2 Å². The first-order valence-electron chi connectivity index (χ1n) is 7.81. The Labute approximate surface area is 130 Å². The number of hydrogen-bond donors (Lipinski definition) is 1. The molecule has 3 heterocycles. The molecule has 0 spiro atoms. The molecular weight excluding hydrogens is 278 g/mol. The molecule has 1 N–H and O–H groups in total. The third-order valence-corrected chi connectivity index (χ3v) is 4.13. The van der Waals surface area contributed by atoms with Crippen molar-refractivity contribution in [1.82, 2.24) is 25.1 Å². The molecule has 0 aliphatic carbocycles. The van der Waals surface area contributed by atoms with Crippen LogP contribution in [0.2, 0.25) is 0 Å². The Morgan fingerprint density at radius 3 is 3.05 bits per heavy atom. The van der Waals surface area contributed by atoms with Crippen LogP contribution in [-0.2, 0) is 17.7 Å². The van der Waals surface area contributed by atoms with Gasteiger partial charge in [-0.2, -0.15) is 5.10 Å². The number of aromatic amines is 1. The minimum Gasteiger partial charge on any atom is -0.376 e. The lowest BCUT2D eigenvalue weighted by Crippen LogP contribution is -2.42. The number of morpholine rings is 1. The summed E-state index contributed by atoms with van der Waals surface area (Å²) in [5, 5.41) is 7.09. The fourth-order valence-corrected chi connectivity index (χ4v) is 2.83. The fraction of sp³-hybridized carbons (Fsp3) is 0.562. The third kappa shape index (κ3) is 3.90. The summed E-state index contributed by atoms with van der Waals surface area (Å²) < 4.78 is 5.90. The molecule has 6 nitrogen and oxygen atoms in total. The number of hydrogen-bond acceptors (Lipinski definition) is 5. The van der Waals surface area contributed by atoms with Crippen LogP contribution in [0, 0.1) is 13.8 Å². The Bertz CT molecular complexity index is 612. The fourth-order valence-electron chi connectivity index (χ4n) is 2.83. The quantitative estimate of drug-likeness (QED) is 0.909. The van der Waals surface area contributed by atoms with Crippen LogP contribution in [0.5, 0.6) is 0 Å². The Kier molecular flexibility index (Phi) is 4.80. The Hall–Kier alpha value is -1.79. The SMILES string of the molecule is Cc1cc(CCC2CN(Cc3cn[nH]c3C)CCO2)ncn1. The topological polar surface area (TPSA) is 66.9 Å². The number of aromatic nitrogens is 4. The van der Waals surface area contributed by atoms with Gasteiger partial charge in [0.1, 0.15) is 6.33 Å². The zero-order chi connectivity index (χ0) is 15.4. The molecular formula is C16H23N5O. The van der Waals surface area contributed by atoms with E-state index in [1.807, 2.05) is 13.1 Å². The summed E-state index contributed by atoms with van der Waals surface area (Å²) >= 11 is 0. The summed E-state index contributed by atoms with van der Waals surface area (Å²) in [6, 6.07) is 2.05. The van der Waals surface area contributed by atoms with Crippen molar-refractivity contribution >= 4 is 0 Å². The maximum atomic E-state index is 5.90. The molecule has 0 saturated carbocycles. The average Bonchev–Trinajstić information content (AvgIpc) is 2.91. The maximum absolute atomic E-state index is 5.90. The minimum absolute atomic E-state index is 0.274. The molecule has 6 heteroatoms. The zero-order valence-corrected chi connectivity index (χ0v) is 13.2. The van der Waals surface area contributed by atoms with Crippen LogP contribution in [0.3, 0.4) is 0 Å². The largest absolute Gasteiger partial charge is 0.376 e. The Balaban J connectivity index is 1.51. The molecule has 1 atom stereocenters. The maximum Gasteiger partial charge on any atom is 0.115 e. The summed E-state index contributed by atoms with van der Waals surface area (Å²) in [4.78, 5) is 10.9. The Morgan fingerprint density at radius 2 is 2.27 bits per heavy atom. The predicted octanol–water partition coefficient (Wildman–Crippen LogP) is 1.65. The van der Waals surface area contributed by atoms with Gasteiger partial charge in [-0.1, -0.05) is 0 Å². The lowest BCUT2D eigenvalue weighted by molar-refractivity contribution is -0.0347. The van der Waals surface area contributed by atoms with Gasteiger partial charge in [0.15, 0.2) is 0 Å². The predicted molar refractivity (Wildman–Crippen MR) is 83.4 cm³/mol. The molecule has 0 aromatic carbocycles. The minimum atomic E-state index is 0.274. The van der Waals surface area contributed by atoms with Gasteiger partial charge in [0.2, 0.25) is 0 Å². The number of nitrogens with one attached hydrogen (secondary N) is 1. The van der Waals surface area contributed by atoms with E-state index < -0.39 is 0 Å². The van der Waals surface area contributed by atoms with E-state index in [0.29, 0.717) is 0 Å². The van der Waals surface area contributed by atoms with E-state index >= 15 is 0 Å². The molecule has 1 aliphatic rings. The molecule has 2 aromatic rings. The number of rotatable bonds is 5. The van der Waals surface area contributed by atoms with E-state index in [1.54, 1.807) is 6.33 Å². The second kappa shape index (κ2) is 6.98. The first-order valence-corrected chi connectivity index (χ1v) is 7.81. The summed E-state index contributed by atoms with van der Waals surface area (Å²) in [6.07, 6.45) is 5.77. The van der Waals surface area contributed by atoms with Crippen LogP contribution < -0.4 is 0 Å². The van der Waals surface area contributed by atoms with Crippen molar-refractivity contribution in [2.24, 2.45) is 0 Å². The zero-order valence-electron chi connectivity index (χ0n) is 13.2. The lowest BCUT2D eigenvalue weighted by Gasteiger charge is -2.32. The van der Waals surface area contributed by atoms with E-state index in [-0.39, 0.29) is 6.10 Å². The van der Waals surface area contributed by atoms with Crippen molar-refractivity contribution in [3.63, 3.8) is 0 Å². The van der Waals surface area contributed by atoms with Gasteiger partial charge >= 0.3 is 0 Å². The van der Waals surface area contributed by atoms with Gasteiger partial charge in [0.25, 0.3) is 0 Å². The van der Waals surface area contributed by atoms with Crippen LogP contribution in [0.25, 0.3) is 0 Å². The van der Waals surface area contributed by atoms with Gasteiger partial charge in [-0.05, 0) is 32.8 Å². The molecule has 0 bridgehead atoms. The van der Waals surface area contributed by atoms with Gasteiger partial charge in [-0.15, -0.1) is 0 Å². The number of nitrogens with zero attached hydrogens (tertiary/aromatic N) is 4. The van der Waals surface area contributed by atoms with Gasteiger partial charge in [-0.3, -0.25) is 10.00 Å². The average molecular weight is 301 g/mol. The van der Waals surface area contributed by atoms with E-state index in [4.69, 9.17) is 4.74 Å². The van der Waals surface area contributed by atoms with Gasteiger partial charge < -0.3 is 4.74 Å². The smallest absolute Gasteiger partial charge is 0.115 e. The van der Waals surface area contributed by atoms with E-state index in [1.165, 1.54) is 5.56 Å². The van der Waals surface area contributed by atoms with Gasteiger partial charge in [0.05, 0.1) is 18.9 Å². The summed E-state index contributed by atoms with van der Waals surface area (Å²) in [5.41, 5.74) is 4.54. The number of ether oxygens (including phenoxy) is 1. The second-order valence-electron chi connectivity index (χ2n) is 5.94. The first-order chi connectivity index (χ1) is 10.7. The second-order valence-corrected chi connectivity index (χ2v) is 5.94. The molecule has 3 rings (SSSR count).